The van der Waals surface area contributed by atoms with Crippen molar-refractivity contribution in [3.63, 3.8) is 0 Å². The lowest BCUT2D eigenvalue weighted by atomic mass is 10.3. The van der Waals surface area contributed by atoms with Gasteiger partial charge in [0, 0.05) is 0 Å². The molecule has 0 amide bonds. The van der Waals surface area contributed by atoms with Crippen LogP contribution in [0, 0.1) is 0 Å². The molecule has 0 aromatic carbocycles. The second-order valence-corrected chi connectivity index (χ2v) is 2.34. The molecule has 0 heterocycles. The number of hydroxylamine groups is 1. The molecular weight excluding hydrogens is 134 g/mol. The van der Waals surface area contributed by atoms with Crippen molar-refractivity contribution in [2.75, 3.05) is 0 Å². The monoisotopic (exact) mass is 147 g/mol. The molecule has 0 saturated carbocycles. The van der Waals surface area contributed by atoms with Gasteiger partial charge in [0.15, 0.2) is 0 Å². The Morgan fingerprint density at radius 1 is 1.50 bits per heavy atom. The Morgan fingerprint density at radius 3 is 2.30 bits per heavy atom. The van der Waals surface area contributed by atoms with Crippen LogP contribution in [0.25, 0.3) is 0 Å². The van der Waals surface area contributed by atoms with E-state index >= 15 is 0 Å². The maximum absolute atomic E-state index is 10.7. The quantitative estimate of drug-likeness (QED) is 0.445. The first kappa shape index (κ1) is 9.39. The van der Waals surface area contributed by atoms with Crippen molar-refractivity contribution in [3.05, 3.63) is 0 Å². The van der Waals surface area contributed by atoms with E-state index in [0.29, 0.717) is 0 Å². The highest BCUT2D eigenvalue weighted by molar-refractivity contribution is 5.75. The fourth-order valence-electron chi connectivity index (χ4n) is 0.387. The average Bonchev–Trinajstić information content (AvgIpc) is 1.85. The maximum Gasteiger partial charge on any atom is 0.325 e. The standard InChI is InChI=1S/C6H13NO3/c1-4(2)10-6(8)5(3)7-9/h4-5,7,9H,1-3H3/t5-/m1/s1. The summed E-state index contributed by atoms with van der Waals surface area (Å²) in [5, 5.41) is 8.27. The van der Waals surface area contributed by atoms with Crippen LogP contribution in [-0.2, 0) is 9.53 Å². The van der Waals surface area contributed by atoms with Gasteiger partial charge in [-0.05, 0) is 20.8 Å². The summed E-state index contributed by atoms with van der Waals surface area (Å²) in [6.45, 7) is 5.02. The molecule has 4 heteroatoms. The van der Waals surface area contributed by atoms with Crippen LogP contribution in [0.1, 0.15) is 20.8 Å². The Bertz CT molecular complexity index is 114. The van der Waals surface area contributed by atoms with E-state index in [1.807, 2.05) is 0 Å². The number of hydrogen-bond acceptors (Lipinski definition) is 4. The van der Waals surface area contributed by atoms with Crippen molar-refractivity contribution >= 4 is 5.97 Å². The highest BCUT2D eigenvalue weighted by atomic mass is 16.6. The first-order chi connectivity index (χ1) is 4.57. The zero-order chi connectivity index (χ0) is 8.15. The van der Waals surface area contributed by atoms with Crippen molar-refractivity contribution in [3.8, 4) is 0 Å². The highest BCUT2D eigenvalue weighted by Crippen LogP contribution is 1.92. The van der Waals surface area contributed by atoms with Gasteiger partial charge in [-0.25, -0.2) is 0 Å². The third-order valence-corrected chi connectivity index (χ3v) is 0.899. The van der Waals surface area contributed by atoms with Gasteiger partial charge in [0.05, 0.1) is 6.10 Å². The number of carbonyl (C=O) groups excluding carboxylic acids is 1. The van der Waals surface area contributed by atoms with Crippen molar-refractivity contribution in [1.29, 1.82) is 0 Å². The van der Waals surface area contributed by atoms with Crippen LogP contribution in [0.2, 0.25) is 0 Å². The molecule has 1 atom stereocenters. The second kappa shape index (κ2) is 4.24. The summed E-state index contributed by atoms with van der Waals surface area (Å²) < 4.78 is 4.74. The van der Waals surface area contributed by atoms with Crippen molar-refractivity contribution in [1.82, 2.24) is 5.48 Å². The van der Waals surface area contributed by atoms with E-state index in [0.717, 1.165) is 0 Å². The highest BCUT2D eigenvalue weighted by Gasteiger charge is 2.13. The van der Waals surface area contributed by atoms with E-state index in [2.05, 4.69) is 0 Å². The zero-order valence-electron chi connectivity index (χ0n) is 6.42. The Balaban J connectivity index is 3.62. The Morgan fingerprint density at radius 2 is 2.00 bits per heavy atom. The number of esters is 1. The third kappa shape index (κ3) is 3.42. The van der Waals surface area contributed by atoms with E-state index in [1.165, 1.54) is 6.92 Å². The number of carbonyl (C=O) groups is 1. The van der Waals surface area contributed by atoms with Crippen molar-refractivity contribution < 1.29 is 14.7 Å². The van der Waals surface area contributed by atoms with E-state index < -0.39 is 12.0 Å². The fourth-order valence-corrected chi connectivity index (χ4v) is 0.387. The molecular formula is C6H13NO3. The summed E-state index contributed by atoms with van der Waals surface area (Å²) in [6.07, 6.45) is -0.136. The van der Waals surface area contributed by atoms with E-state index in [4.69, 9.17) is 9.94 Å². The molecule has 0 aliphatic rings. The molecule has 0 spiro atoms. The summed E-state index contributed by atoms with van der Waals surface area (Å²) in [6, 6.07) is -0.651. The van der Waals surface area contributed by atoms with E-state index in [-0.39, 0.29) is 6.10 Å². The Hall–Kier alpha value is -0.610. The first-order valence-electron chi connectivity index (χ1n) is 3.18. The predicted octanol–water partition coefficient (Wildman–Crippen LogP) is 0.305. The molecule has 0 aliphatic heterocycles. The molecule has 0 radical (unpaired) electrons. The van der Waals surface area contributed by atoms with Gasteiger partial charge in [0.1, 0.15) is 6.04 Å². The topological polar surface area (TPSA) is 58.6 Å². The van der Waals surface area contributed by atoms with Gasteiger partial charge in [-0.2, -0.15) is 5.48 Å². The summed E-state index contributed by atoms with van der Waals surface area (Å²) in [5.74, 6) is -0.447. The molecule has 0 unspecified atom stereocenters. The number of rotatable bonds is 3. The lowest BCUT2D eigenvalue weighted by Crippen LogP contribution is -2.34. The summed E-state index contributed by atoms with van der Waals surface area (Å²) in [4.78, 5) is 10.7. The van der Waals surface area contributed by atoms with E-state index in [9.17, 15) is 4.79 Å². The number of ether oxygens (including phenoxy) is 1. The molecule has 10 heavy (non-hydrogen) atoms. The summed E-state index contributed by atoms with van der Waals surface area (Å²) >= 11 is 0. The zero-order valence-corrected chi connectivity index (χ0v) is 6.42. The minimum absolute atomic E-state index is 0.136. The first-order valence-corrected chi connectivity index (χ1v) is 3.18. The molecule has 0 aliphatic carbocycles. The van der Waals surface area contributed by atoms with Crippen LogP contribution in [0.3, 0.4) is 0 Å². The van der Waals surface area contributed by atoms with Crippen LogP contribution in [-0.4, -0.2) is 23.3 Å². The largest absolute Gasteiger partial charge is 0.462 e. The molecule has 0 aromatic rings. The van der Waals surface area contributed by atoms with Crippen LogP contribution in [0.15, 0.2) is 0 Å². The van der Waals surface area contributed by atoms with Crippen LogP contribution >= 0.6 is 0 Å². The normalized spacial score (nSPS) is 13.3. The molecule has 4 nitrogen and oxygen atoms in total. The molecule has 2 N–H and O–H groups in total. The van der Waals surface area contributed by atoms with E-state index in [1.54, 1.807) is 19.3 Å². The minimum atomic E-state index is -0.651. The SMILES string of the molecule is CC(C)OC(=O)[C@@H](C)NO. The van der Waals surface area contributed by atoms with Gasteiger partial charge in [0.2, 0.25) is 0 Å². The van der Waals surface area contributed by atoms with Crippen molar-refractivity contribution in [2.45, 2.75) is 32.9 Å². The van der Waals surface area contributed by atoms with Crippen LogP contribution < -0.4 is 5.48 Å². The van der Waals surface area contributed by atoms with Crippen LogP contribution in [0.5, 0.6) is 0 Å². The number of nitrogens with one attached hydrogen (secondary N) is 1. The smallest absolute Gasteiger partial charge is 0.325 e. The lowest BCUT2D eigenvalue weighted by molar-refractivity contribution is -0.152. The van der Waals surface area contributed by atoms with Gasteiger partial charge in [0.25, 0.3) is 0 Å². The Kier molecular flexibility index (Phi) is 3.99. The Labute approximate surface area is 60.1 Å². The molecule has 60 valence electrons. The van der Waals surface area contributed by atoms with Gasteiger partial charge in [-0.3, -0.25) is 4.79 Å². The predicted molar refractivity (Wildman–Crippen MR) is 35.6 cm³/mol. The maximum atomic E-state index is 10.7. The van der Waals surface area contributed by atoms with Gasteiger partial charge in [-0.15, -0.1) is 0 Å². The number of hydrogen-bond donors (Lipinski definition) is 2. The average molecular weight is 147 g/mol. The van der Waals surface area contributed by atoms with Crippen molar-refractivity contribution in [2.24, 2.45) is 0 Å². The third-order valence-electron chi connectivity index (χ3n) is 0.899. The summed E-state index contributed by atoms with van der Waals surface area (Å²) in [7, 11) is 0. The van der Waals surface area contributed by atoms with Gasteiger partial charge in [-0.1, -0.05) is 0 Å². The minimum Gasteiger partial charge on any atom is -0.462 e. The molecule has 0 saturated heterocycles. The fraction of sp³-hybridized carbons (Fsp3) is 0.833. The second-order valence-electron chi connectivity index (χ2n) is 2.34. The van der Waals surface area contributed by atoms with Crippen LogP contribution in [0.4, 0.5) is 0 Å². The molecule has 0 bridgehead atoms. The molecule has 0 fully saturated rings. The van der Waals surface area contributed by atoms with Gasteiger partial charge < -0.3 is 9.94 Å². The molecule has 0 rings (SSSR count). The van der Waals surface area contributed by atoms with Gasteiger partial charge >= 0.3 is 5.97 Å². The summed E-state index contributed by atoms with van der Waals surface area (Å²) in [5.41, 5.74) is 1.80. The lowest BCUT2D eigenvalue weighted by Gasteiger charge is -2.11. The molecule has 0 aromatic heterocycles.